The van der Waals surface area contributed by atoms with Crippen molar-refractivity contribution in [3.63, 3.8) is 0 Å². The highest BCUT2D eigenvalue weighted by Gasteiger charge is 2.16. The van der Waals surface area contributed by atoms with Crippen LogP contribution >= 0.6 is 11.6 Å². The predicted octanol–water partition coefficient (Wildman–Crippen LogP) is 3.57. The molecule has 3 aromatic rings. The van der Waals surface area contributed by atoms with E-state index < -0.39 is 10.0 Å². The molecule has 0 saturated carbocycles. The van der Waals surface area contributed by atoms with Crippen LogP contribution in [0.5, 0.6) is 17.2 Å². The van der Waals surface area contributed by atoms with Gasteiger partial charge in [0.1, 0.15) is 5.75 Å². The largest absolute Gasteiger partial charge is 0.493 e. The molecule has 3 aromatic carbocycles. The molecule has 186 valence electrons. The fourth-order valence-corrected chi connectivity index (χ4v) is 4.54. The molecule has 0 bridgehead atoms. The molecule has 0 saturated heterocycles. The van der Waals surface area contributed by atoms with Gasteiger partial charge in [-0.1, -0.05) is 48.0 Å². The Kier molecular flexibility index (Phi) is 9.36. The topological polar surface area (TPSA) is 103 Å². The normalized spacial score (nSPS) is 11.1. The minimum Gasteiger partial charge on any atom is -0.493 e. The lowest BCUT2D eigenvalue weighted by Gasteiger charge is -2.12. The highest BCUT2D eigenvalue weighted by molar-refractivity contribution is 7.89. The third-order valence-corrected chi connectivity index (χ3v) is 6.76. The zero-order chi connectivity index (χ0) is 25.3. The van der Waals surface area contributed by atoms with Crippen molar-refractivity contribution < 1.29 is 27.4 Å². The second-order valence-electron chi connectivity index (χ2n) is 7.48. The summed E-state index contributed by atoms with van der Waals surface area (Å²) in [5.41, 5.74) is 1.81. The quantitative estimate of drug-likeness (QED) is 0.380. The van der Waals surface area contributed by atoms with Gasteiger partial charge >= 0.3 is 0 Å². The highest BCUT2D eigenvalue weighted by Crippen LogP contribution is 2.28. The maximum absolute atomic E-state index is 12.6. The summed E-state index contributed by atoms with van der Waals surface area (Å²) in [7, 11) is -0.630. The van der Waals surface area contributed by atoms with Crippen molar-refractivity contribution >= 4 is 27.5 Å². The van der Waals surface area contributed by atoms with E-state index in [2.05, 4.69) is 10.0 Å². The van der Waals surface area contributed by atoms with Gasteiger partial charge in [-0.05, 0) is 47.9 Å². The van der Waals surface area contributed by atoms with Crippen molar-refractivity contribution in [1.29, 1.82) is 0 Å². The number of hydrogen-bond acceptors (Lipinski definition) is 6. The van der Waals surface area contributed by atoms with Crippen molar-refractivity contribution in [1.82, 2.24) is 10.0 Å². The van der Waals surface area contributed by atoms with Gasteiger partial charge in [-0.25, -0.2) is 13.1 Å². The highest BCUT2D eigenvalue weighted by atomic mass is 35.5. The molecule has 0 heterocycles. The Morgan fingerprint density at radius 3 is 2.29 bits per heavy atom. The molecule has 0 aliphatic carbocycles. The van der Waals surface area contributed by atoms with E-state index in [9.17, 15) is 13.2 Å². The molecule has 0 aliphatic heterocycles. The smallest absolute Gasteiger partial charge is 0.257 e. The van der Waals surface area contributed by atoms with Crippen LogP contribution in [-0.4, -0.2) is 41.7 Å². The van der Waals surface area contributed by atoms with Gasteiger partial charge < -0.3 is 19.5 Å². The van der Waals surface area contributed by atoms with E-state index in [0.29, 0.717) is 24.5 Å². The van der Waals surface area contributed by atoms with Crippen LogP contribution < -0.4 is 24.2 Å². The summed E-state index contributed by atoms with van der Waals surface area (Å²) in [5.74, 6) is 1.14. The fourth-order valence-electron chi connectivity index (χ4n) is 3.20. The third kappa shape index (κ3) is 7.61. The van der Waals surface area contributed by atoms with Gasteiger partial charge in [0.15, 0.2) is 18.1 Å². The van der Waals surface area contributed by atoms with Gasteiger partial charge in [0.2, 0.25) is 10.0 Å². The Labute approximate surface area is 210 Å². The fraction of sp³-hybridized carbons (Fsp3) is 0.240. The molecule has 0 fully saturated rings. The summed E-state index contributed by atoms with van der Waals surface area (Å²) >= 11 is 6.20. The lowest BCUT2D eigenvalue weighted by atomic mass is 10.1. The van der Waals surface area contributed by atoms with E-state index >= 15 is 0 Å². The number of rotatable bonds is 12. The van der Waals surface area contributed by atoms with Crippen molar-refractivity contribution in [2.75, 3.05) is 27.4 Å². The first-order valence-electron chi connectivity index (χ1n) is 10.8. The molecule has 0 radical (unpaired) electrons. The predicted molar refractivity (Wildman–Crippen MR) is 134 cm³/mol. The van der Waals surface area contributed by atoms with Crippen LogP contribution in [0.4, 0.5) is 0 Å². The van der Waals surface area contributed by atoms with E-state index in [0.717, 1.165) is 11.1 Å². The van der Waals surface area contributed by atoms with Gasteiger partial charge in [-0.2, -0.15) is 0 Å². The number of sulfonamides is 1. The van der Waals surface area contributed by atoms with E-state index in [4.69, 9.17) is 25.8 Å². The maximum atomic E-state index is 12.6. The summed E-state index contributed by atoms with van der Waals surface area (Å²) in [6.07, 6.45) is 0.593. The molecule has 0 unspecified atom stereocenters. The molecule has 35 heavy (non-hydrogen) atoms. The second-order valence-corrected chi connectivity index (χ2v) is 9.65. The van der Waals surface area contributed by atoms with Gasteiger partial charge in [0.05, 0.1) is 24.1 Å². The van der Waals surface area contributed by atoms with E-state index in [1.807, 2.05) is 48.5 Å². The molecule has 8 nitrogen and oxygen atoms in total. The summed E-state index contributed by atoms with van der Waals surface area (Å²) in [5, 5.41) is 2.86. The monoisotopic (exact) mass is 518 g/mol. The van der Waals surface area contributed by atoms with Crippen LogP contribution in [0.25, 0.3) is 0 Å². The number of carbonyl (C=O) groups is 1. The average Bonchev–Trinajstić information content (AvgIpc) is 2.87. The van der Waals surface area contributed by atoms with E-state index in [1.165, 1.54) is 18.2 Å². The third-order valence-electron chi connectivity index (χ3n) is 5.07. The molecular formula is C25H27ClN2O6S. The standard InChI is InChI=1S/C25H27ClN2O6S/c1-32-23-10-8-18(14-24(23)33-2)12-13-27-25(29)17-34-22-11-9-20(15-21(22)26)35(30,31)28-16-19-6-4-3-5-7-19/h3-11,14-15,28H,12-13,16-17H2,1-2H3,(H,27,29). The summed E-state index contributed by atoms with van der Waals surface area (Å²) < 4.78 is 43.6. The van der Waals surface area contributed by atoms with Gasteiger partial charge in [0.25, 0.3) is 5.91 Å². The molecular weight excluding hydrogens is 492 g/mol. The maximum Gasteiger partial charge on any atom is 0.257 e. The van der Waals surface area contributed by atoms with Crippen molar-refractivity contribution in [3.05, 3.63) is 82.9 Å². The number of carbonyl (C=O) groups excluding carboxylic acids is 1. The first kappa shape index (κ1) is 26.3. The molecule has 10 heteroatoms. The van der Waals surface area contributed by atoms with Crippen LogP contribution in [0.3, 0.4) is 0 Å². The number of benzene rings is 3. The molecule has 3 rings (SSSR count). The SMILES string of the molecule is COc1ccc(CCNC(=O)COc2ccc(S(=O)(=O)NCc3ccccc3)cc2Cl)cc1OC. The van der Waals surface area contributed by atoms with Crippen molar-refractivity contribution in [2.24, 2.45) is 0 Å². The molecule has 0 spiro atoms. The lowest BCUT2D eigenvalue weighted by Crippen LogP contribution is -2.30. The van der Waals surface area contributed by atoms with Crippen LogP contribution in [-0.2, 0) is 27.8 Å². The van der Waals surface area contributed by atoms with Crippen molar-refractivity contribution in [2.45, 2.75) is 17.9 Å². The number of methoxy groups -OCH3 is 2. The van der Waals surface area contributed by atoms with Crippen LogP contribution in [0.1, 0.15) is 11.1 Å². The number of halogens is 1. The molecule has 0 aliphatic rings. The summed E-state index contributed by atoms with van der Waals surface area (Å²) in [6, 6.07) is 18.8. The molecule has 1 amide bonds. The first-order valence-corrected chi connectivity index (χ1v) is 12.6. The molecule has 0 aromatic heterocycles. The minimum absolute atomic E-state index is 0.00477. The number of ether oxygens (including phenoxy) is 3. The minimum atomic E-state index is -3.76. The Morgan fingerprint density at radius 2 is 1.60 bits per heavy atom. The Balaban J connectivity index is 1.48. The first-order chi connectivity index (χ1) is 16.8. The van der Waals surface area contributed by atoms with Gasteiger partial charge in [-0.3, -0.25) is 4.79 Å². The summed E-state index contributed by atoms with van der Waals surface area (Å²) in [4.78, 5) is 12.2. The van der Waals surface area contributed by atoms with E-state index in [-0.39, 0.29) is 34.7 Å². The number of amides is 1. The van der Waals surface area contributed by atoms with E-state index in [1.54, 1.807) is 14.2 Å². The summed E-state index contributed by atoms with van der Waals surface area (Å²) in [6.45, 7) is 0.294. The van der Waals surface area contributed by atoms with Crippen LogP contribution in [0, 0.1) is 0 Å². The lowest BCUT2D eigenvalue weighted by molar-refractivity contribution is -0.123. The second kappa shape index (κ2) is 12.4. The zero-order valence-corrected chi connectivity index (χ0v) is 21.0. The van der Waals surface area contributed by atoms with Gasteiger partial charge in [-0.15, -0.1) is 0 Å². The van der Waals surface area contributed by atoms with Gasteiger partial charge in [0, 0.05) is 13.1 Å². The van der Waals surface area contributed by atoms with Crippen LogP contribution in [0.15, 0.2) is 71.6 Å². The Morgan fingerprint density at radius 1 is 0.886 bits per heavy atom. The molecule has 0 atom stereocenters. The van der Waals surface area contributed by atoms with Crippen LogP contribution in [0.2, 0.25) is 5.02 Å². The Bertz CT molecular complexity index is 1250. The zero-order valence-electron chi connectivity index (χ0n) is 19.4. The molecule has 2 N–H and O–H groups in total. The number of nitrogens with one attached hydrogen (secondary N) is 2. The number of hydrogen-bond donors (Lipinski definition) is 2. The average molecular weight is 519 g/mol. The van der Waals surface area contributed by atoms with Crippen molar-refractivity contribution in [3.8, 4) is 17.2 Å². The Hall–Kier alpha value is -3.27.